The van der Waals surface area contributed by atoms with Gasteiger partial charge in [0.2, 0.25) is 0 Å². The molecule has 7 nitrogen and oxygen atoms in total. The number of aliphatic hydroxyl groups excluding tert-OH is 2. The summed E-state index contributed by atoms with van der Waals surface area (Å²) in [5.74, 6) is 7.95. The van der Waals surface area contributed by atoms with Gasteiger partial charge in [-0.25, -0.2) is 5.90 Å². The molecule has 8 unspecified atom stereocenters. The lowest BCUT2D eigenvalue weighted by atomic mass is 9.61. The van der Waals surface area contributed by atoms with Crippen molar-refractivity contribution in [3.63, 3.8) is 0 Å². The molecule has 3 aliphatic carbocycles. The summed E-state index contributed by atoms with van der Waals surface area (Å²) in [6.07, 6.45) is 10.9. The van der Waals surface area contributed by atoms with E-state index in [0.717, 1.165) is 57.7 Å². The van der Waals surface area contributed by atoms with Crippen molar-refractivity contribution in [2.45, 2.75) is 143 Å². The van der Waals surface area contributed by atoms with Crippen LogP contribution in [0.5, 0.6) is 0 Å². The molecule has 1 aliphatic heterocycles. The summed E-state index contributed by atoms with van der Waals surface area (Å²) in [5, 5.41) is 33.6. The van der Waals surface area contributed by atoms with Gasteiger partial charge in [0.15, 0.2) is 5.79 Å². The van der Waals surface area contributed by atoms with Gasteiger partial charge >= 0.3 is 0 Å². The van der Waals surface area contributed by atoms with Crippen LogP contribution >= 0.6 is 0 Å². The highest BCUT2D eigenvalue weighted by Gasteiger charge is 2.46. The van der Waals surface area contributed by atoms with Crippen LogP contribution < -0.4 is 5.90 Å². The maximum atomic E-state index is 11.5. The summed E-state index contributed by atoms with van der Waals surface area (Å²) in [6.45, 7) is 17.1. The molecule has 0 bridgehead atoms. The molecule has 4 fully saturated rings. The Labute approximate surface area is 257 Å². The first kappa shape index (κ1) is 36.2. The molecule has 5 N–H and O–H groups in total. The quantitative estimate of drug-likeness (QED) is 0.154. The second-order valence-electron chi connectivity index (χ2n) is 15.3. The Bertz CT molecular complexity index is 762. The minimum Gasteiger partial charge on any atom is -0.390 e. The number of ether oxygens (including phenoxy) is 2. The fourth-order valence-electron chi connectivity index (χ4n) is 8.59. The molecule has 1 heterocycles. The van der Waals surface area contributed by atoms with E-state index < -0.39 is 18.0 Å². The van der Waals surface area contributed by atoms with E-state index in [0.29, 0.717) is 54.6 Å². The highest BCUT2D eigenvalue weighted by molar-refractivity contribution is 4.94. The summed E-state index contributed by atoms with van der Waals surface area (Å²) in [6, 6.07) is 0. The van der Waals surface area contributed by atoms with E-state index in [1.165, 1.54) is 25.7 Å². The number of hydrogen-bond donors (Lipinski definition) is 4. The third-order valence-corrected chi connectivity index (χ3v) is 11.7. The molecule has 0 spiro atoms. The molecule has 4 aliphatic rings. The van der Waals surface area contributed by atoms with E-state index in [9.17, 15) is 15.3 Å². The smallest absolute Gasteiger partial charge is 0.162 e. The zero-order valence-corrected chi connectivity index (χ0v) is 28.0. The number of aliphatic hydroxyl groups is 3. The van der Waals surface area contributed by atoms with Crippen LogP contribution in [0, 0.1) is 59.2 Å². The maximum absolute atomic E-state index is 11.5. The topological polar surface area (TPSA) is 114 Å². The zero-order chi connectivity index (χ0) is 31.0. The van der Waals surface area contributed by atoms with E-state index in [-0.39, 0.29) is 17.8 Å². The van der Waals surface area contributed by atoms with Gasteiger partial charge in [-0.05, 0) is 118 Å². The van der Waals surface area contributed by atoms with Crippen LogP contribution in [0.4, 0.5) is 0 Å². The van der Waals surface area contributed by atoms with E-state index in [1.54, 1.807) is 6.92 Å². The van der Waals surface area contributed by atoms with Crippen LogP contribution in [0.25, 0.3) is 0 Å². The van der Waals surface area contributed by atoms with Crippen LogP contribution in [-0.2, 0) is 14.3 Å². The van der Waals surface area contributed by atoms with Crippen molar-refractivity contribution < 1.29 is 29.6 Å². The summed E-state index contributed by atoms with van der Waals surface area (Å²) < 4.78 is 12.2. The van der Waals surface area contributed by atoms with Crippen LogP contribution in [0.2, 0.25) is 0 Å². The second kappa shape index (κ2) is 16.9. The van der Waals surface area contributed by atoms with E-state index in [2.05, 4.69) is 46.4 Å². The summed E-state index contributed by atoms with van der Waals surface area (Å²) in [7, 11) is 0. The Balaban J connectivity index is 0.000000715. The average Bonchev–Trinajstić information content (AvgIpc) is 3.79. The van der Waals surface area contributed by atoms with E-state index in [4.69, 9.17) is 15.4 Å². The van der Waals surface area contributed by atoms with Gasteiger partial charge < -0.3 is 29.6 Å². The molecular formula is C35H67NO6. The molecule has 13 atom stereocenters. The Morgan fingerprint density at radius 3 is 2.10 bits per heavy atom. The third-order valence-electron chi connectivity index (χ3n) is 11.7. The molecule has 0 aromatic rings. The Morgan fingerprint density at radius 2 is 1.50 bits per heavy atom. The second-order valence-corrected chi connectivity index (χ2v) is 15.3. The van der Waals surface area contributed by atoms with Gasteiger partial charge in [0.05, 0.1) is 38.1 Å². The van der Waals surface area contributed by atoms with Gasteiger partial charge in [0, 0.05) is 6.42 Å². The monoisotopic (exact) mass is 597 g/mol. The molecule has 0 aromatic carbocycles. The number of nitrogens with two attached hydrogens (primary N) is 1. The van der Waals surface area contributed by atoms with Gasteiger partial charge in [-0.3, -0.25) is 0 Å². The maximum Gasteiger partial charge on any atom is 0.162 e. The minimum absolute atomic E-state index is 0.0107. The van der Waals surface area contributed by atoms with Crippen LogP contribution in [0.1, 0.15) is 119 Å². The molecule has 7 heteroatoms. The number of rotatable bonds is 12. The van der Waals surface area contributed by atoms with Crippen molar-refractivity contribution in [2.24, 2.45) is 65.1 Å². The Morgan fingerprint density at radius 1 is 0.857 bits per heavy atom. The van der Waals surface area contributed by atoms with Crippen molar-refractivity contribution >= 4 is 0 Å². The molecule has 0 radical (unpaired) electrons. The lowest BCUT2D eigenvalue weighted by molar-refractivity contribution is -0.208. The number of hydrogen-bond acceptors (Lipinski definition) is 7. The predicted molar refractivity (Wildman–Crippen MR) is 168 cm³/mol. The third kappa shape index (κ3) is 10.4. The molecule has 0 aromatic heterocycles. The van der Waals surface area contributed by atoms with Crippen molar-refractivity contribution in [3.8, 4) is 0 Å². The predicted octanol–water partition coefficient (Wildman–Crippen LogP) is 6.32. The SMILES string of the molecule is CCC[C@@](C)(O)OCC1C[C@H](C)CC[C@H]1C(C)C(O)C(O)C(C)[C@@H]1CC[C@@H](C)C2CCC(C)OCC21.NOCC1CC1. The Kier molecular flexibility index (Phi) is 14.5. The van der Waals surface area contributed by atoms with Gasteiger partial charge in [0.1, 0.15) is 0 Å². The normalized spacial score (nSPS) is 38.1. The lowest BCUT2D eigenvalue weighted by Gasteiger charge is -2.46. The molecule has 42 heavy (non-hydrogen) atoms. The molecule has 3 saturated carbocycles. The molecule has 1 saturated heterocycles. The fraction of sp³-hybridized carbons (Fsp3) is 1.00. The lowest BCUT2D eigenvalue weighted by Crippen LogP contribution is -2.48. The summed E-state index contributed by atoms with van der Waals surface area (Å²) >= 11 is 0. The first-order valence-corrected chi connectivity index (χ1v) is 17.5. The van der Waals surface area contributed by atoms with Crippen LogP contribution in [-0.4, -0.2) is 59.2 Å². The van der Waals surface area contributed by atoms with Crippen molar-refractivity contribution in [1.82, 2.24) is 0 Å². The van der Waals surface area contributed by atoms with Crippen molar-refractivity contribution in [2.75, 3.05) is 19.8 Å². The fourth-order valence-corrected chi connectivity index (χ4v) is 8.59. The molecule has 0 amide bonds. The zero-order valence-electron chi connectivity index (χ0n) is 28.0. The first-order valence-electron chi connectivity index (χ1n) is 17.5. The van der Waals surface area contributed by atoms with Crippen LogP contribution in [0.3, 0.4) is 0 Å². The van der Waals surface area contributed by atoms with Crippen molar-refractivity contribution in [3.05, 3.63) is 0 Å². The molecular weight excluding hydrogens is 530 g/mol. The highest BCUT2D eigenvalue weighted by Crippen LogP contribution is 2.48. The standard InChI is InChI=1S/C31H58O5.C4H9NO/c1-8-15-31(7,34)36-17-24-16-19(2)9-12-26(24)22(5)29(32)30(33)23(6)27-13-10-20(3)25-14-11-21(4)35-18-28(25)27;5-6-3-4-1-2-4/h19-30,32-34H,8-18H2,1-7H3;4H,1-3,5H2/t19-,20-,21?,22?,23?,24?,25?,26+,27+,28?,29?,30?,31+;/m1./s1. The Hall–Kier alpha value is -0.280. The summed E-state index contributed by atoms with van der Waals surface area (Å²) in [5.41, 5.74) is 0. The summed E-state index contributed by atoms with van der Waals surface area (Å²) in [4.78, 5) is 4.37. The van der Waals surface area contributed by atoms with E-state index >= 15 is 0 Å². The first-order chi connectivity index (χ1) is 19.9. The van der Waals surface area contributed by atoms with Gasteiger partial charge in [-0.2, -0.15) is 0 Å². The highest BCUT2D eigenvalue weighted by atomic mass is 16.6. The van der Waals surface area contributed by atoms with Crippen LogP contribution in [0.15, 0.2) is 0 Å². The number of fused-ring (bicyclic) bond motifs is 1. The van der Waals surface area contributed by atoms with E-state index in [1.807, 2.05) is 0 Å². The van der Waals surface area contributed by atoms with Crippen molar-refractivity contribution in [1.29, 1.82) is 0 Å². The average molecular weight is 598 g/mol. The van der Waals surface area contributed by atoms with Gasteiger partial charge in [0.25, 0.3) is 0 Å². The largest absolute Gasteiger partial charge is 0.390 e. The van der Waals surface area contributed by atoms with Gasteiger partial charge in [-0.1, -0.05) is 53.9 Å². The molecule has 4 rings (SSSR count). The minimum atomic E-state index is -1.09. The molecule has 248 valence electrons. The van der Waals surface area contributed by atoms with Gasteiger partial charge in [-0.15, -0.1) is 0 Å².